The maximum atomic E-state index is 14.6. The van der Waals surface area contributed by atoms with Crippen LogP contribution >= 0.6 is 0 Å². The first-order chi connectivity index (χ1) is 23.4. The van der Waals surface area contributed by atoms with Crippen molar-refractivity contribution in [1.82, 2.24) is 25.0 Å². The first kappa shape index (κ1) is 33.4. The highest BCUT2D eigenvalue weighted by Gasteiger charge is 2.40. The van der Waals surface area contributed by atoms with Crippen LogP contribution in [0.25, 0.3) is 0 Å². The topological polar surface area (TPSA) is 114 Å². The highest BCUT2D eigenvalue weighted by molar-refractivity contribution is 5.94. The van der Waals surface area contributed by atoms with Crippen LogP contribution in [-0.4, -0.2) is 109 Å². The van der Waals surface area contributed by atoms with Crippen molar-refractivity contribution in [3.63, 3.8) is 0 Å². The van der Waals surface area contributed by atoms with Crippen molar-refractivity contribution in [2.24, 2.45) is 5.92 Å². The molecule has 48 heavy (non-hydrogen) atoms. The normalized spacial score (nSPS) is 22.8. The summed E-state index contributed by atoms with van der Waals surface area (Å²) in [5.74, 6) is -0.0740. The number of rotatable bonds is 4. The highest BCUT2D eigenvalue weighted by Crippen LogP contribution is 2.27. The van der Waals surface area contributed by atoms with E-state index in [4.69, 9.17) is 14.2 Å². The summed E-state index contributed by atoms with van der Waals surface area (Å²) in [5.41, 5.74) is 1.26. The Balaban J connectivity index is 1.22. The van der Waals surface area contributed by atoms with E-state index in [2.05, 4.69) is 15.2 Å². The number of aromatic nitrogens is 1. The predicted molar refractivity (Wildman–Crippen MR) is 175 cm³/mol. The van der Waals surface area contributed by atoms with E-state index in [1.807, 2.05) is 29.2 Å². The summed E-state index contributed by atoms with van der Waals surface area (Å²) < 4.78 is 31.6. The molecule has 7 rings (SSSR count). The van der Waals surface area contributed by atoms with E-state index in [-0.39, 0.29) is 73.2 Å². The van der Waals surface area contributed by atoms with Crippen molar-refractivity contribution in [3.05, 3.63) is 89.4 Å². The first-order valence-electron chi connectivity index (χ1n) is 16.6. The van der Waals surface area contributed by atoms with Crippen molar-refractivity contribution in [2.45, 2.75) is 37.9 Å². The number of nitrogens with one attached hydrogen (secondary N) is 1. The second-order valence-electron chi connectivity index (χ2n) is 12.5. The molecule has 11 nitrogen and oxygen atoms in total. The first-order valence-corrected chi connectivity index (χ1v) is 16.6. The molecule has 0 aliphatic carbocycles. The van der Waals surface area contributed by atoms with Crippen LogP contribution in [-0.2, 0) is 16.1 Å². The number of fused-ring (bicyclic) bond motifs is 10. The zero-order valence-corrected chi connectivity index (χ0v) is 27.2. The fourth-order valence-corrected chi connectivity index (χ4v) is 6.75. The van der Waals surface area contributed by atoms with Crippen LogP contribution in [0.4, 0.5) is 4.39 Å². The number of carbonyl (C=O) groups excluding carboxylic acids is 3. The lowest BCUT2D eigenvalue weighted by Gasteiger charge is -2.37. The van der Waals surface area contributed by atoms with Gasteiger partial charge in [-0.3, -0.25) is 19.3 Å². The predicted octanol–water partition coefficient (Wildman–Crippen LogP) is 3.39. The van der Waals surface area contributed by atoms with E-state index in [0.717, 1.165) is 11.3 Å². The standard InChI is InChI=1S/C36H42FN5O6/c1-46-28-7-4-6-26(20-28)23-42-24-27-21-32(42)36(45)40-14-12-25(13-15-40)22-41(35(44)29-8-2-3-9-30(29)37)16-17-47-18-19-48-33-11-5-10-31(39-33)34(43)38-27/h2-11,20,25,27,32H,12-19,21-24H2,1H3,(H,38,43)/t27-,32-/m0/s1. The van der Waals surface area contributed by atoms with Gasteiger partial charge in [-0.15, -0.1) is 0 Å². The van der Waals surface area contributed by atoms with Crippen molar-refractivity contribution >= 4 is 17.7 Å². The minimum absolute atomic E-state index is 0.0278. The molecule has 3 aromatic rings. The fourth-order valence-electron chi connectivity index (χ4n) is 6.75. The van der Waals surface area contributed by atoms with E-state index in [1.165, 1.54) is 12.1 Å². The molecule has 2 saturated heterocycles. The third-order valence-electron chi connectivity index (χ3n) is 9.28. The number of likely N-dealkylation sites (tertiary alicyclic amines) is 1. The molecular weight excluding hydrogens is 617 g/mol. The van der Waals surface area contributed by atoms with E-state index >= 15 is 0 Å². The summed E-state index contributed by atoms with van der Waals surface area (Å²) in [6.45, 7) is 3.52. The number of amides is 3. The molecule has 1 aromatic heterocycles. The van der Waals surface area contributed by atoms with Gasteiger partial charge in [0, 0.05) is 51.4 Å². The van der Waals surface area contributed by atoms with Crippen LogP contribution < -0.4 is 14.8 Å². The van der Waals surface area contributed by atoms with E-state index in [1.54, 1.807) is 42.3 Å². The number of halogens is 1. The Labute approximate surface area is 280 Å². The average Bonchev–Trinajstić information content (AvgIpc) is 3.50. The largest absolute Gasteiger partial charge is 0.497 e. The maximum absolute atomic E-state index is 14.6. The molecule has 3 amide bonds. The second-order valence-corrected chi connectivity index (χ2v) is 12.5. The van der Waals surface area contributed by atoms with E-state index in [0.29, 0.717) is 52.0 Å². The third kappa shape index (κ3) is 8.11. The number of ether oxygens (including phenoxy) is 3. The summed E-state index contributed by atoms with van der Waals surface area (Å²) in [4.78, 5) is 51.0. The smallest absolute Gasteiger partial charge is 0.270 e. The summed E-state index contributed by atoms with van der Waals surface area (Å²) >= 11 is 0. The van der Waals surface area contributed by atoms with Gasteiger partial charge in [-0.2, -0.15) is 0 Å². The molecule has 0 spiro atoms. The molecule has 12 heteroatoms. The lowest BCUT2D eigenvalue weighted by molar-refractivity contribution is -0.137. The molecule has 254 valence electrons. The summed E-state index contributed by atoms with van der Waals surface area (Å²) in [5, 5.41) is 3.10. The van der Waals surface area contributed by atoms with Gasteiger partial charge in [-0.05, 0) is 61.1 Å². The zero-order chi connectivity index (χ0) is 33.5. The number of methoxy groups -OCH3 is 1. The molecule has 0 unspecified atom stereocenters. The van der Waals surface area contributed by atoms with Gasteiger partial charge in [0.05, 0.1) is 31.9 Å². The Bertz CT molecular complexity index is 1600. The number of benzene rings is 2. The van der Waals surface area contributed by atoms with Gasteiger partial charge in [0.25, 0.3) is 11.8 Å². The van der Waals surface area contributed by atoms with Gasteiger partial charge >= 0.3 is 0 Å². The van der Waals surface area contributed by atoms with E-state index < -0.39 is 11.9 Å². The van der Waals surface area contributed by atoms with Gasteiger partial charge in [0.15, 0.2) is 0 Å². The average molecular weight is 660 g/mol. The lowest BCUT2D eigenvalue weighted by Crippen LogP contribution is -2.49. The number of piperidine rings is 1. The van der Waals surface area contributed by atoms with Gasteiger partial charge < -0.3 is 29.3 Å². The SMILES string of the molecule is COc1cccc(CN2C[C@@H]3C[C@H]2C(=O)N2CCC(CC2)CN(C(=O)c2ccccc2F)CCOCCOc2cccc(n2)C(=O)N3)c1. The molecule has 4 aliphatic rings. The minimum atomic E-state index is -0.560. The number of hydrogen-bond acceptors (Lipinski definition) is 8. The van der Waals surface area contributed by atoms with Crippen LogP contribution in [0.15, 0.2) is 66.7 Å². The van der Waals surface area contributed by atoms with Crippen LogP contribution in [0.5, 0.6) is 11.6 Å². The van der Waals surface area contributed by atoms with Gasteiger partial charge in [-0.1, -0.05) is 30.3 Å². The molecule has 0 radical (unpaired) electrons. The molecule has 2 atom stereocenters. The molecule has 5 heterocycles. The zero-order valence-electron chi connectivity index (χ0n) is 27.2. The molecular formula is C36H42FN5O6. The van der Waals surface area contributed by atoms with Crippen LogP contribution in [0.1, 0.15) is 45.7 Å². The van der Waals surface area contributed by atoms with Crippen molar-refractivity contribution < 1.29 is 33.0 Å². The third-order valence-corrected chi connectivity index (χ3v) is 9.28. The van der Waals surface area contributed by atoms with Crippen molar-refractivity contribution in [1.29, 1.82) is 0 Å². The second kappa shape index (κ2) is 15.6. The van der Waals surface area contributed by atoms with Gasteiger partial charge in [0.2, 0.25) is 11.8 Å². The summed E-state index contributed by atoms with van der Waals surface area (Å²) in [6.07, 6.45) is 1.89. The molecule has 2 fully saturated rings. The summed E-state index contributed by atoms with van der Waals surface area (Å²) in [6, 6.07) is 18.1. The molecule has 0 saturated carbocycles. The van der Waals surface area contributed by atoms with Crippen molar-refractivity contribution in [2.75, 3.05) is 59.7 Å². The van der Waals surface area contributed by atoms with Gasteiger partial charge in [-0.25, -0.2) is 9.37 Å². The molecule has 6 bridgehead atoms. The molecule has 4 aliphatic heterocycles. The number of pyridine rings is 1. The quantitative estimate of drug-likeness (QED) is 0.425. The summed E-state index contributed by atoms with van der Waals surface area (Å²) in [7, 11) is 1.62. The molecule has 2 aromatic carbocycles. The fraction of sp³-hybridized carbons (Fsp3) is 0.444. The van der Waals surface area contributed by atoms with Crippen molar-refractivity contribution in [3.8, 4) is 11.6 Å². The Morgan fingerprint density at radius 2 is 1.79 bits per heavy atom. The monoisotopic (exact) mass is 659 g/mol. The van der Waals surface area contributed by atoms with Crippen LogP contribution in [0.3, 0.4) is 0 Å². The Hall–Kier alpha value is -4.55. The lowest BCUT2D eigenvalue weighted by atomic mass is 9.95. The van der Waals surface area contributed by atoms with Crippen LogP contribution in [0, 0.1) is 11.7 Å². The number of carbonyl (C=O) groups is 3. The Kier molecular flexibility index (Phi) is 10.8. The minimum Gasteiger partial charge on any atom is -0.497 e. The Morgan fingerprint density at radius 1 is 0.979 bits per heavy atom. The van der Waals surface area contributed by atoms with Crippen LogP contribution in [0.2, 0.25) is 0 Å². The van der Waals surface area contributed by atoms with E-state index in [9.17, 15) is 18.8 Å². The number of nitrogens with zero attached hydrogens (tertiary/aromatic N) is 4. The van der Waals surface area contributed by atoms with Gasteiger partial charge in [0.1, 0.15) is 23.9 Å². The Morgan fingerprint density at radius 3 is 2.60 bits per heavy atom. The molecule has 1 N–H and O–H groups in total. The number of hydrogen-bond donors (Lipinski definition) is 1. The maximum Gasteiger partial charge on any atom is 0.270 e. The highest BCUT2D eigenvalue weighted by atomic mass is 19.1.